The fourth-order valence-electron chi connectivity index (χ4n) is 7.28. The van der Waals surface area contributed by atoms with Crippen molar-refractivity contribution in [3.8, 4) is 0 Å². The number of hydrogen-bond acceptors (Lipinski definition) is 13. The molecule has 9 amide bonds. The van der Waals surface area contributed by atoms with Crippen molar-refractivity contribution >= 4 is 88.1 Å². The van der Waals surface area contributed by atoms with Gasteiger partial charge in [0.15, 0.2) is 0 Å². The Morgan fingerprint density at radius 3 is 0.770 bits per heavy atom. The van der Waals surface area contributed by atoms with Gasteiger partial charge >= 0.3 is 0 Å². The van der Waals surface area contributed by atoms with Crippen LogP contribution in [0, 0.1) is 0 Å². The van der Waals surface area contributed by atoms with Crippen molar-refractivity contribution < 1.29 is 43.2 Å². The molecule has 0 unspecified atom stereocenters. The van der Waals surface area contributed by atoms with Crippen LogP contribution >= 0.6 is 0 Å². The quantitative estimate of drug-likeness (QED) is 0.0356. The number of rotatable bonds is 30. The van der Waals surface area contributed by atoms with Crippen molar-refractivity contribution in [2.24, 2.45) is 5.73 Å². The molecule has 0 fully saturated rings. The summed E-state index contributed by atoms with van der Waals surface area (Å²) in [4.78, 5) is 127. The van der Waals surface area contributed by atoms with E-state index in [2.05, 4.69) is 62.8 Å². The number of pyridine rings is 3. The van der Waals surface area contributed by atoms with Gasteiger partial charge in [-0.3, -0.25) is 43.2 Å². The van der Waals surface area contributed by atoms with Gasteiger partial charge in [0.2, 0.25) is 53.2 Å². The summed E-state index contributed by atoms with van der Waals surface area (Å²) in [7, 11) is 0. The maximum absolute atomic E-state index is 13.5. The highest BCUT2D eigenvalue weighted by Crippen LogP contribution is 2.25. The third kappa shape index (κ3) is 24.4. The summed E-state index contributed by atoms with van der Waals surface area (Å²) in [5, 5.41) is 25.0. The van der Waals surface area contributed by atoms with E-state index < -0.39 is 22.2 Å². The fourth-order valence-corrected chi connectivity index (χ4v) is 7.28. The van der Waals surface area contributed by atoms with Crippen LogP contribution in [-0.4, -0.2) is 90.3 Å². The van der Waals surface area contributed by atoms with E-state index in [0.29, 0.717) is 17.5 Å². The van der Waals surface area contributed by atoms with Crippen molar-refractivity contribution in [1.29, 1.82) is 0 Å². The molecule has 0 spiro atoms. The van der Waals surface area contributed by atoms with Gasteiger partial charge in [-0.2, -0.15) is 0 Å². The fraction of sp³-hybridized carbons (Fsp3) is 0.538. The molecule has 0 aliphatic carbocycles. The van der Waals surface area contributed by atoms with Gasteiger partial charge < -0.3 is 53.6 Å². The average molecular weight is 1030 g/mol. The Hall–Kier alpha value is -7.36. The molecule has 3 rings (SSSR count). The number of amides is 9. The number of carbonyl (C=O) groups is 9. The first kappa shape index (κ1) is 60.9. The van der Waals surface area contributed by atoms with Crippen LogP contribution in [0.15, 0.2) is 54.6 Å². The summed E-state index contributed by atoms with van der Waals surface area (Å²) in [5.74, 6) is -1.03. The molecule has 22 heteroatoms. The summed E-state index contributed by atoms with van der Waals surface area (Å²) in [5.41, 5.74) is 3.37. The molecule has 11 N–H and O–H groups in total. The number of anilines is 6. The van der Waals surface area contributed by atoms with E-state index in [-0.39, 0.29) is 167 Å². The highest BCUT2D eigenvalue weighted by Gasteiger charge is 2.32. The van der Waals surface area contributed by atoms with Crippen molar-refractivity contribution in [3.63, 3.8) is 0 Å². The van der Waals surface area contributed by atoms with Crippen LogP contribution in [0.2, 0.25) is 0 Å². The third-order valence-electron chi connectivity index (χ3n) is 11.7. The Kier molecular flexibility index (Phi) is 23.7. The number of nitrogens with two attached hydrogens (primary N) is 1. The first-order valence-electron chi connectivity index (χ1n) is 25.1. The van der Waals surface area contributed by atoms with Crippen molar-refractivity contribution in [3.05, 3.63) is 54.6 Å². The van der Waals surface area contributed by atoms with Gasteiger partial charge in [0, 0.05) is 79.9 Å². The van der Waals surface area contributed by atoms with Gasteiger partial charge in [-0.1, -0.05) is 39.0 Å². The maximum atomic E-state index is 13.5. The summed E-state index contributed by atoms with van der Waals surface area (Å²) in [6.45, 7) is 15.8. The van der Waals surface area contributed by atoms with Gasteiger partial charge in [0.25, 0.3) is 0 Å². The number of hydrogen-bond donors (Lipinski definition) is 10. The molecule has 0 aliphatic rings. The lowest BCUT2D eigenvalue weighted by Crippen LogP contribution is -2.48. The van der Waals surface area contributed by atoms with E-state index in [1.165, 1.54) is 0 Å². The van der Waals surface area contributed by atoms with Crippen LogP contribution in [0.4, 0.5) is 34.9 Å². The minimum Gasteiger partial charge on any atom is -0.351 e. The number of nitrogens with one attached hydrogen (secondary N) is 9. The SMILES string of the molecule is CCC(=O)Nc1cccc(NC(=O)CCC(C)(C)NC(=O)CCC(N)(CCC(=O)NC(C)(C)CCC(=O)Nc2cccc(NC(=O)CC)n2)CCC(=O)NC(C)(C)CCC(=O)Nc2cccc(NC(=O)CC)n2)n1. The smallest absolute Gasteiger partial charge is 0.225 e. The Labute approximate surface area is 433 Å². The minimum atomic E-state index is -1.17. The molecule has 404 valence electrons. The molecule has 3 heterocycles. The number of aromatic nitrogens is 3. The molecule has 74 heavy (non-hydrogen) atoms. The molecule has 0 bridgehead atoms. The van der Waals surface area contributed by atoms with E-state index >= 15 is 0 Å². The zero-order valence-corrected chi connectivity index (χ0v) is 44.4. The topological polar surface area (TPSA) is 327 Å². The lowest BCUT2D eigenvalue weighted by molar-refractivity contribution is -0.124. The van der Waals surface area contributed by atoms with Crippen molar-refractivity contribution in [2.45, 2.75) is 181 Å². The first-order valence-corrected chi connectivity index (χ1v) is 25.1. The van der Waals surface area contributed by atoms with E-state index in [9.17, 15) is 43.2 Å². The molecular weight excluding hydrogens is 951 g/mol. The van der Waals surface area contributed by atoms with E-state index in [1.807, 2.05) is 0 Å². The minimum absolute atomic E-state index is 0.0454. The normalized spacial score (nSPS) is 11.6. The van der Waals surface area contributed by atoms with Gasteiger partial charge in [-0.05, 0) is 116 Å². The second kappa shape index (κ2) is 28.8. The molecule has 0 saturated carbocycles. The zero-order chi connectivity index (χ0) is 55.1. The molecule has 22 nitrogen and oxygen atoms in total. The lowest BCUT2D eigenvalue weighted by atomic mass is 9.84. The molecule has 3 aromatic heterocycles. The number of carbonyl (C=O) groups excluding carboxylic acids is 9. The van der Waals surface area contributed by atoms with Crippen LogP contribution in [0.3, 0.4) is 0 Å². The van der Waals surface area contributed by atoms with Crippen LogP contribution < -0.4 is 53.6 Å². The lowest BCUT2D eigenvalue weighted by Gasteiger charge is -2.32. The monoisotopic (exact) mass is 1030 g/mol. The Morgan fingerprint density at radius 1 is 0.351 bits per heavy atom. The molecule has 0 aliphatic heterocycles. The van der Waals surface area contributed by atoms with Crippen LogP contribution in [-0.2, 0) is 43.2 Å². The molecule has 0 atom stereocenters. The largest absolute Gasteiger partial charge is 0.351 e. The Balaban J connectivity index is 1.61. The molecular formula is C52H77N13O9. The van der Waals surface area contributed by atoms with Gasteiger partial charge in [-0.15, -0.1) is 0 Å². The van der Waals surface area contributed by atoms with E-state index in [4.69, 9.17) is 5.73 Å². The Bertz CT molecular complexity index is 2200. The highest BCUT2D eigenvalue weighted by atomic mass is 16.2. The van der Waals surface area contributed by atoms with Crippen LogP contribution in [0.25, 0.3) is 0 Å². The summed E-state index contributed by atoms with van der Waals surface area (Å²) < 4.78 is 0. The third-order valence-corrected chi connectivity index (χ3v) is 11.7. The van der Waals surface area contributed by atoms with Gasteiger partial charge in [-0.25, -0.2) is 15.0 Å². The van der Waals surface area contributed by atoms with Gasteiger partial charge in [0.1, 0.15) is 34.9 Å². The maximum Gasteiger partial charge on any atom is 0.225 e. The molecule has 0 radical (unpaired) electrons. The van der Waals surface area contributed by atoms with Crippen LogP contribution in [0.1, 0.15) is 159 Å². The summed E-state index contributed by atoms with van der Waals surface area (Å²) >= 11 is 0. The average Bonchev–Trinajstić information content (AvgIpc) is 3.32. The predicted octanol–water partition coefficient (Wildman–Crippen LogP) is 6.20. The predicted molar refractivity (Wildman–Crippen MR) is 284 cm³/mol. The first-order chi connectivity index (χ1) is 34.7. The standard InChI is InChI=1S/C52H77N13O9/c1-10-40(66)57-34-16-13-19-37(54-34)60-43(69)22-28-49(4,5)63-46(72)25-31-52(53,32-26-47(73)64-50(6,7)29-23-44(70)61-38-20-14-17-35(55-38)58-41(67)11-2)33-27-48(74)65-51(8,9)30-24-45(71)62-39-21-15-18-36(56-39)59-42(68)12-3/h13-21H,10-12,22-33,53H2,1-9H3,(H,63,72)(H,64,73)(H,65,74)(H2,54,57,60,66,69)(H2,55,58,61,67,70)(H2,56,59,62,68,71). The molecule has 0 aromatic carbocycles. The van der Waals surface area contributed by atoms with Crippen molar-refractivity contribution in [2.75, 3.05) is 31.9 Å². The zero-order valence-electron chi connectivity index (χ0n) is 44.4. The summed E-state index contributed by atoms with van der Waals surface area (Å²) in [6.07, 6.45) is 1.91. The van der Waals surface area contributed by atoms with E-state index in [0.717, 1.165) is 0 Å². The van der Waals surface area contributed by atoms with Crippen LogP contribution in [0.5, 0.6) is 0 Å². The Morgan fingerprint density at radius 2 is 0.554 bits per heavy atom. The van der Waals surface area contributed by atoms with E-state index in [1.54, 1.807) is 117 Å². The molecule has 3 aromatic rings. The van der Waals surface area contributed by atoms with Gasteiger partial charge in [0.05, 0.1) is 0 Å². The highest BCUT2D eigenvalue weighted by molar-refractivity contribution is 5.94. The summed E-state index contributed by atoms with van der Waals surface area (Å²) in [6, 6.07) is 14.6. The number of nitrogens with zero attached hydrogens (tertiary/aromatic N) is 3. The second-order valence-electron chi connectivity index (χ2n) is 20.2. The second-order valence-corrected chi connectivity index (χ2v) is 20.2. The van der Waals surface area contributed by atoms with Crippen molar-refractivity contribution in [1.82, 2.24) is 30.9 Å². The molecule has 0 saturated heterocycles.